The fraction of sp³-hybridized carbons (Fsp3) is 0.500. The third kappa shape index (κ3) is 7.90. The van der Waals surface area contributed by atoms with E-state index in [2.05, 4.69) is 34.4 Å². The van der Waals surface area contributed by atoms with Crippen LogP contribution < -0.4 is 16.0 Å². The van der Waals surface area contributed by atoms with E-state index in [-0.39, 0.29) is 16.3 Å². The second-order valence-electron chi connectivity index (χ2n) is 5.35. The monoisotopic (exact) mass is 326 g/mol. The Kier molecular flexibility index (Phi) is 9.91. The second-order valence-corrected chi connectivity index (χ2v) is 5.35. The van der Waals surface area contributed by atoms with E-state index in [0.717, 1.165) is 38.2 Å². The highest BCUT2D eigenvalue weighted by Gasteiger charge is 2.12. The van der Waals surface area contributed by atoms with Gasteiger partial charge in [-0.2, -0.15) is 0 Å². The van der Waals surface area contributed by atoms with Crippen molar-refractivity contribution < 1.29 is 8.67 Å². The first-order chi connectivity index (χ1) is 11.2. The molecule has 0 saturated heterocycles. The van der Waals surface area contributed by atoms with Crippen molar-refractivity contribution in [1.82, 2.24) is 10.6 Å². The quantitative estimate of drug-likeness (QED) is 0.311. The molecule has 5 heteroatoms. The van der Waals surface area contributed by atoms with Crippen molar-refractivity contribution in [1.29, 1.82) is 0 Å². The summed E-state index contributed by atoms with van der Waals surface area (Å²) in [6.45, 7) is 8.44. The Balaban J connectivity index is -0.00000176. The zero-order valence-electron chi connectivity index (χ0n) is 14.2. The standard InChI is InChI=1S/C18H29FN4.3H2/c1-4-15(5-2)18(20-3)23-11-7-10-21-12-13-22-17-9-6-8-16(19)14-17;;;/h4,6,8-9,11,14-15,18,20-22H,1,5,7,10,12-13H2,2-3H3;3*1H/b23-11+;;;. The molecular formula is C18H35FN4. The lowest BCUT2D eigenvalue weighted by molar-refractivity contribution is 0.441. The van der Waals surface area contributed by atoms with Gasteiger partial charge in [0.05, 0.1) is 0 Å². The van der Waals surface area contributed by atoms with Crippen molar-refractivity contribution in [3.05, 3.63) is 42.7 Å². The van der Waals surface area contributed by atoms with Crippen molar-refractivity contribution in [2.24, 2.45) is 10.9 Å². The van der Waals surface area contributed by atoms with Crippen LogP contribution in [0.2, 0.25) is 0 Å². The Morgan fingerprint density at radius 3 is 2.83 bits per heavy atom. The van der Waals surface area contributed by atoms with E-state index in [9.17, 15) is 4.39 Å². The summed E-state index contributed by atoms with van der Waals surface area (Å²) in [7, 11) is 1.92. The molecule has 134 valence electrons. The first-order valence-corrected chi connectivity index (χ1v) is 8.22. The molecule has 0 aliphatic heterocycles. The molecule has 1 rings (SSSR count). The summed E-state index contributed by atoms with van der Waals surface area (Å²) in [6, 6.07) is 6.49. The first kappa shape index (κ1) is 19.3. The van der Waals surface area contributed by atoms with Crippen LogP contribution in [0.25, 0.3) is 0 Å². The van der Waals surface area contributed by atoms with Gasteiger partial charge in [0.2, 0.25) is 0 Å². The Hall–Kier alpha value is -1.72. The number of hydrogen-bond acceptors (Lipinski definition) is 4. The van der Waals surface area contributed by atoms with Crippen LogP contribution in [0.3, 0.4) is 0 Å². The number of benzene rings is 1. The zero-order valence-corrected chi connectivity index (χ0v) is 14.2. The van der Waals surface area contributed by atoms with Crippen molar-refractivity contribution >= 4 is 11.9 Å². The van der Waals surface area contributed by atoms with Gasteiger partial charge in [0.25, 0.3) is 0 Å². The van der Waals surface area contributed by atoms with E-state index in [1.165, 1.54) is 12.1 Å². The van der Waals surface area contributed by atoms with E-state index in [0.29, 0.717) is 5.92 Å². The molecule has 2 atom stereocenters. The molecule has 0 amide bonds. The Labute approximate surface area is 143 Å². The Bertz CT molecular complexity index is 489. The number of halogens is 1. The highest BCUT2D eigenvalue weighted by molar-refractivity contribution is 5.57. The number of nitrogens with zero attached hydrogens (tertiary/aromatic N) is 1. The molecule has 4 nitrogen and oxygen atoms in total. The molecule has 3 N–H and O–H groups in total. The van der Waals surface area contributed by atoms with E-state index in [1.807, 2.05) is 25.4 Å². The summed E-state index contributed by atoms with van der Waals surface area (Å²) in [6.07, 6.45) is 5.92. The lowest BCUT2D eigenvalue weighted by Crippen LogP contribution is -2.30. The number of hydrogen-bond donors (Lipinski definition) is 3. The number of rotatable bonds is 12. The maximum atomic E-state index is 13.0. The van der Waals surface area contributed by atoms with Gasteiger partial charge in [-0.3, -0.25) is 10.3 Å². The van der Waals surface area contributed by atoms with Gasteiger partial charge in [-0.25, -0.2) is 4.39 Å². The maximum absolute atomic E-state index is 13.0. The molecule has 23 heavy (non-hydrogen) atoms. The minimum absolute atomic E-state index is 0. The van der Waals surface area contributed by atoms with Gasteiger partial charge in [0.1, 0.15) is 12.0 Å². The molecule has 2 unspecified atom stereocenters. The molecule has 0 aliphatic carbocycles. The molecule has 0 radical (unpaired) electrons. The van der Waals surface area contributed by atoms with Gasteiger partial charge in [-0.15, -0.1) is 6.58 Å². The largest absolute Gasteiger partial charge is 0.384 e. The van der Waals surface area contributed by atoms with Gasteiger partial charge >= 0.3 is 0 Å². The summed E-state index contributed by atoms with van der Waals surface area (Å²) in [5.41, 5.74) is 0.806. The fourth-order valence-corrected chi connectivity index (χ4v) is 2.29. The van der Waals surface area contributed by atoms with Gasteiger partial charge in [-0.1, -0.05) is 19.1 Å². The molecule has 0 bridgehead atoms. The first-order valence-electron chi connectivity index (χ1n) is 8.22. The van der Waals surface area contributed by atoms with Gasteiger partial charge < -0.3 is 10.6 Å². The van der Waals surface area contributed by atoms with Crippen LogP contribution in [-0.2, 0) is 0 Å². The predicted molar refractivity (Wildman–Crippen MR) is 104 cm³/mol. The van der Waals surface area contributed by atoms with E-state index >= 15 is 0 Å². The molecular weight excluding hydrogens is 291 g/mol. The molecule has 0 spiro atoms. The van der Waals surface area contributed by atoms with Crippen molar-refractivity contribution in [2.75, 3.05) is 32.0 Å². The third-order valence-electron chi connectivity index (χ3n) is 3.65. The van der Waals surface area contributed by atoms with E-state index in [1.54, 1.807) is 6.07 Å². The van der Waals surface area contributed by atoms with Crippen LogP contribution in [0.1, 0.15) is 24.0 Å². The number of aliphatic imine (C=N–C) groups is 1. The number of nitrogens with one attached hydrogen (secondary N) is 3. The minimum atomic E-state index is -0.219. The van der Waals surface area contributed by atoms with Crippen molar-refractivity contribution in [2.45, 2.75) is 25.9 Å². The van der Waals surface area contributed by atoms with Gasteiger partial charge in [0, 0.05) is 41.7 Å². The Morgan fingerprint density at radius 1 is 1.35 bits per heavy atom. The smallest absolute Gasteiger partial charge is 0.125 e. The molecule has 0 fully saturated rings. The minimum Gasteiger partial charge on any atom is -0.384 e. The fourth-order valence-electron chi connectivity index (χ4n) is 2.29. The third-order valence-corrected chi connectivity index (χ3v) is 3.65. The normalized spacial score (nSPS) is 13.9. The lowest BCUT2D eigenvalue weighted by atomic mass is 10.0. The molecule has 0 heterocycles. The van der Waals surface area contributed by atoms with E-state index in [4.69, 9.17) is 0 Å². The average molecular weight is 327 g/mol. The van der Waals surface area contributed by atoms with Crippen LogP contribution in [0.4, 0.5) is 10.1 Å². The van der Waals surface area contributed by atoms with Crippen LogP contribution in [-0.4, -0.2) is 39.1 Å². The maximum Gasteiger partial charge on any atom is 0.125 e. The van der Waals surface area contributed by atoms with Crippen LogP contribution in [0, 0.1) is 11.7 Å². The van der Waals surface area contributed by atoms with Crippen molar-refractivity contribution in [3.8, 4) is 0 Å². The average Bonchev–Trinajstić information content (AvgIpc) is 2.56. The topological polar surface area (TPSA) is 48.5 Å². The SMILES string of the molecule is C=CC(CC)C(/N=C/CCNCCNc1cccc(F)c1)NC.[HH].[HH].[HH]. The lowest BCUT2D eigenvalue weighted by Gasteiger charge is -2.18. The second kappa shape index (κ2) is 11.8. The summed E-state index contributed by atoms with van der Waals surface area (Å²) in [5.74, 6) is 0.142. The van der Waals surface area contributed by atoms with Crippen LogP contribution in [0.5, 0.6) is 0 Å². The van der Waals surface area contributed by atoms with E-state index < -0.39 is 0 Å². The van der Waals surface area contributed by atoms with Crippen LogP contribution in [0.15, 0.2) is 41.9 Å². The highest BCUT2D eigenvalue weighted by atomic mass is 19.1. The molecule has 0 aromatic heterocycles. The number of anilines is 1. The van der Waals surface area contributed by atoms with Crippen molar-refractivity contribution in [3.63, 3.8) is 0 Å². The highest BCUT2D eigenvalue weighted by Crippen LogP contribution is 2.10. The van der Waals surface area contributed by atoms with Gasteiger partial charge in [0.15, 0.2) is 0 Å². The zero-order chi connectivity index (χ0) is 16.9. The summed E-state index contributed by atoms with van der Waals surface area (Å²) >= 11 is 0. The summed E-state index contributed by atoms with van der Waals surface area (Å²) in [5, 5.41) is 9.72. The Morgan fingerprint density at radius 2 is 2.17 bits per heavy atom. The molecule has 0 saturated carbocycles. The molecule has 0 aliphatic rings. The summed E-state index contributed by atoms with van der Waals surface area (Å²) in [4.78, 5) is 4.55. The molecule has 1 aromatic rings. The summed E-state index contributed by atoms with van der Waals surface area (Å²) < 4.78 is 13.0. The molecule has 1 aromatic carbocycles. The van der Waals surface area contributed by atoms with Gasteiger partial charge in [-0.05, 0) is 38.1 Å². The predicted octanol–water partition coefficient (Wildman–Crippen LogP) is 3.78. The van der Waals surface area contributed by atoms with Crippen LogP contribution >= 0.6 is 0 Å².